The highest BCUT2D eigenvalue weighted by Crippen LogP contribution is 2.20. The average molecular weight is 1330 g/mol. The number of H-pyrrole nitrogens is 1. The summed E-state index contributed by atoms with van der Waals surface area (Å²) >= 11 is 1.45. The van der Waals surface area contributed by atoms with Crippen molar-refractivity contribution in [1.82, 2.24) is 52.8 Å². The summed E-state index contributed by atoms with van der Waals surface area (Å²) in [5.41, 5.74) is 35.2. The van der Waals surface area contributed by atoms with Gasteiger partial charge in [-0.3, -0.25) is 57.9 Å². The molecule has 524 valence electrons. The first-order valence-electron chi connectivity index (χ1n) is 32.9. The number of aromatic amines is 1. The van der Waals surface area contributed by atoms with Crippen LogP contribution in [0.5, 0.6) is 0 Å². The van der Waals surface area contributed by atoms with Crippen LogP contribution in [0.15, 0.2) is 40.4 Å². The lowest BCUT2D eigenvalue weighted by Gasteiger charge is -2.28. The van der Waals surface area contributed by atoms with Gasteiger partial charge in [0.25, 0.3) is 0 Å². The van der Waals surface area contributed by atoms with Gasteiger partial charge < -0.3 is 92.3 Å². The van der Waals surface area contributed by atoms with Crippen molar-refractivity contribution in [2.45, 2.75) is 217 Å². The summed E-state index contributed by atoms with van der Waals surface area (Å²) in [5.74, 6) is -7.73. The number of thioether (sulfide) groups is 1. The van der Waals surface area contributed by atoms with E-state index in [0.717, 1.165) is 30.2 Å². The zero-order chi connectivity index (χ0) is 68.9. The Morgan fingerprint density at radius 1 is 0.516 bits per heavy atom. The Hall–Kier alpha value is -7.73. The zero-order valence-electron chi connectivity index (χ0n) is 55.2. The molecule has 1 aromatic carbocycles. The summed E-state index contributed by atoms with van der Waals surface area (Å²) in [4.78, 5) is 147. The first kappa shape index (κ1) is 81.4. The van der Waals surface area contributed by atoms with E-state index >= 15 is 0 Å². The molecule has 0 spiro atoms. The predicted octanol–water partition coefficient (Wildman–Crippen LogP) is 0.331. The van der Waals surface area contributed by atoms with Crippen molar-refractivity contribution in [2.24, 2.45) is 50.3 Å². The molecule has 7 atom stereocenters. The predicted molar refractivity (Wildman–Crippen MR) is 363 cm³/mol. The Labute approximate surface area is 552 Å². The third-order valence-electron chi connectivity index (χ3n) is 15.3. The van der Waals surface area contributed by atoms with Crippen LogP contribution in [0, 0.1) is 5.92 Å². The van der Waals surface area contributed by atoms with Crippen LogP contribution in [0.4, 0.5) is 0 Å². The van der Waals surface area contributed by atoms with Gasteiger partial charge in [0.2, 0.25) is 59.1 Å². The first-order chi connectivity index (χ1) is 44.5. The van der Waals surface area contributed by atoms with Gasteiger partial charge in [-0.25, -0.2) is 0 Å². The lowest BCUT2D eigenvalue weighted by molar-refractivity contribution is -0.135. The number of hydrogen-bond acceptors (Lipinski definition) is 15. The van der Waals surface area contributed by atoms with Gasteiger partial charge in [-0.2, -0.15) is 11.8 Å². The van der Waals surface area contributed by atoms with E-state index in [1.54, 1.807) is 20.0 Å². The number of carbonyl (C=O) groups excluding carboxylic acids is 10. The molecule has 93 heavy (non-hydrogen) atoms. The van der Waals surface area contributed by atoms with E-state index in [-0.39, 0.29) is 101 Å². The van der Waals surface area contributed by atoms with E-state index in [0.29, 0.717) is 30.6 Å². The minimum atomic E-state index is -1.50. The second-order valence-corrected chi connectivity index (χ2v) is 24.8. The van der Waals surface area contributed by atoms with Crippen molar-refractivity contribution in [2.75, 3.05) is 51.3 Å². The number of benzene rings is 1. The van der Waals surface area contributed by atoms with Gasteiger partial charge in [-0.15, -0.1) is 0 Å². The van der Waals surface area contributed by atoms with Crippen LogP contribution >= 0.6 is 11.8 Å². The molecule has 0 bridgehead atoms. The summed E-state index contributed by atoms with van der Waals surface area (Å²) in [6, 6.07) is -1.80. The molecule has 0 saturated heterocycles. The number of fused-ring (bicyclic) bond motifs is 1. The Balaban J connectivity index is 2.25. The molecular weight excluding hydrogens is 1220 g/mol. The van der Waals surface area contributed by atoms with E-state index in [2.05, 4.69) is 69.7 Å². The van der Waals surface area contributed by atoms with E-state index in [1.807, 2.05) is 30.5 Å². The van der Waals surface area contributed by atoms with Gasteiger partial charge in [-0.05, 0) is 100 Å². The number of nitrogens with zero attached hydrogens (tertiary/aromatic N) is 2. The highest BCUT2D eigenvalue weighted by molar-refractivity contribution is 7.98. The van der Waals surface area contributed by atoms with Gasteiger partial charge in [0.1, 0.15) is 42.3 Å². The third-order valence-corrected chi connectivity index (χ3v) is 16.0. The third kappa shape index (κ3) is 35.8. The maximum atomic E-state index is 14.6. The lowest BCUT2D eigenvalue weighted by atomic mass is 10.0. The van der Waals surface area contributed by atoms with Crippen molar-refractivity contribution >= 4 is 93.7 Å². The number of unbranched alkanes of at least 4 members (excludes halogenated alkanes) is 13. The van der Waals surface area contributed by atoms with E-state index < -0.39 is 115 Å². The number of aliphatic imine (C=N–C) groups is 2. The van der Waals surface area contributed by atoms with E-state index in [4.69, 9.17) is 34.4 Å². The minimum absolute atomic E-state index is 0.0277. The fourth-order valence-electron chi connectivity index (χ4n) is 10.2. The monoisotopic (exact) mass is 1330 g/mol. The van der Waals surface area contributed by atoms with Crippen molar-refractivity contribution in [1.29, 1.82) is 0 Å². The van der Waals surface area contributed by atoms with Crippen LogP contribution in [0.3, 0.4) is 0 Å². The van der Waals surface area contributed by atoms with Crippen LogP contribution < -0.4 is 82.3 Å². The first-order valence-corrected chi connectivity index (χ1v) is 34.3. The molecule has 2 rings (SSSR count). The summed E-state index contributed by atoms with van der Waals surface area (Å²) in [7, 11) is 0. The largest absolute Gasteiger partial charge is 0.394 e. The SMILES string of the molecule is CCCCCCCCCCCCCCCC(=O)NCC(=O)N[C@@H](CO)C(=O)NCC(=O)N[C@@H](CCCN=C(N)N)C(=O)N[C@@H](CC(C)C)C(=O)N[C@@H](CCCN=C(N)N)C(=O)N[C@@H](CCCCN)C(=O)N[C@@H](Cc1c[nH]c2ccccc12)C(=O)N[C@@H](CCSC)C(N)=O. The van der Waals surface area contributed by atoms with E-state index in [1.165, 1.54) is 69.5 Å². The normalized spacial score (nSPS) is 13.4. The topological polar surface area (TPSA) is 496 Å². The standard InChI is InChI=1S/C63H110N18O11S/c1-5-6-7-8-9-10-11-12-13-14-15-16-17-29-52(83)73-38-53(84)76-51(40-82)56(87)74-39-54(85)75-46(27-22-32-70-62(66)67)57(88)80-49(35-41(2)3)60(91)79-48(28-23-33-71-63(68)69)58(89)78-47(26-20-21-31-64)59(90)81-50(61(92)77-45(55(65)86)30-34-93-4)36-42-37-72-44-25-19-18-24-43(42)44/h18-19,24-25,37,41,45-51,72,82H,5-17,20-23,26-36,38-40,64H2,1-4H3,(H2,65,86)(H,73,83)(H,74,87)(H,75,85)(H,76,84)(H,77,92)(H,78,89)(H,79,91)(H,80,88)(H,81,90)(H4,66,67,70)(H4,68,69,71)/t45-,46-,47-,48-,49-,50-,51-/m0/s1. The number of carbonyl (C=O) groups is 10. The molecule has 0 aliphatic heterocycles. The van der Waals surface area contributed by atoms with E-state index in [9.17, 15) is 53.1 Å². The van der Waals surface area contributed by atoms with Crippen LogP contribution in [-0.4, -0.2) is 175 Å². The molecule has 0 aliphatic carbocycles. The van der Waals surface area contributed by atoms with Crippen molar-refractivity contribution in [3.05, 3.63) is 36.0 Å². The quantitative estimate of drug-likeness (QED) is 0.0241. The number of aromatic nitrogens is 1. The molecule has 1 heterocycles. The molecule has 30 heteroatoms. The number of guanidine groups is 2. The molecule has 0 saturated carbocycles. The number of para-hydroxylation sites is 1. The Morgan fingerprint density at radius 3 is 1.49 bits per heavy atom. The Bertz CT molecular complexity index is 2670. The highest BCUT2D eigenvalue weighted by atomic mass is 32.2. The fraction of sp³-hybridized carbons (Fsp3) is 0.683. The second-order valence-electron chi connectivity index (χ2n) is 23.8. The van der Waals surface area contributed by atoms with Gasteiger partial charge in [0, 0.05) is 43.0 Å². The number of aliphatic hydroxyl groups excluding tert-OH is 1. The molecule has 1 aromatic heterocycles. The van der Waals surface area contributed by atoms with Gasteiger partial charge in [0.05, 0.1) is 19.7 Å². The summed E-state index contributed by atoms with van der Waals surface area (Å²) in [6.45, 7) is 4.12. The van der Waals surface area contributed by atoms with Crippen molar-refractivity contribution in [3.8, 4) is 0 Å². The number of aliphatic hydroxyl groups is 1. The lowest BCUT2D eigenvalue weighted by Crippen LogP contribution is -2.60. The summed E-state index contributed by atoms with van der Waals surface area (Å²) in [6.07, 6.45) is 20.1. The number of nitrogens with two attached hydrogens (primary N) is 6. The molecule has 29 nitrogen and oxygen atoms in total. The van der Waals surface area contributed by atoms with Crippen LogP contribution in [0.25, 0.3) is 10.9 Å². The second kappa shape index (κ2) is 48.1. The van der Waals surface area contributed by atoms with Crippen LogP contribution in [0.1, 0.15) is 174 Å². The van der Waals surface area contributed by atoms with Gasteiger partial charge >= 0.3 is 0 Å². The van der Waals surface area contributed by atoms with Crippen LogP contribution in [0.2, 0.25) is 0 Å². The maximum absolute atomic E-state index is 14.6. The molecule has 0 unspecified atom stereocenters. The van der Waals surface area contributed by atoms with Crippen molar-refractivity contribution in [3.63, 3.8) is 0 Å². The molecular formula is C63H110N18O11S. The average Bonchev–Trinajstić information content (AvgIpc) is 1.72. The Morgan fingerprint density at radius 2 is 0.978 bits per heavy atom. The molecule has 0 fully saturated rings. The van der Waals surface area contributed by atoms with Crippen LogP contribution in [-0.2, 0) is 54.4 Å². The summed E-state index contributed by atoms with van der Waals surface area (Å²) < 4.78 is 0. The van der Waals surface area contributed by atoms with Gasteiger partial charge in [-0.1, -0.05) is 116 Å². The Kier molecular flexibility index (Phi) is 42.0. The fourth-order valence-corrected chi connectivity index (χ4v) is 10.6. The molecule has 2 aromatic rings. The minimum Gasteiger partial charge on any atom is -0.394 e. The summed E-state index contributed by atoms with van der Waals surface area (Å²) in [5, 5.41) is 34.2. The number of rotatable bonds is 52. The number of primary amides is 1. The number of nitrogens with one attached hydrogen (secondary N) is 10. The zero-order valence-corrected chi connectivity index (χ0v) is 56.0. The molecule has 23 N–H and O–H groups in total. The number of hydrogen-bond donors (Lipinski definition) is 17. The molecule has 0 radical (unpaired) electrons. The molecule has 0 aliphatic rings. The number of amides is 10. The smallest absolute Gasteiger partial charge is 0.245 e. The maximum Gasteiger partial charge on any atom is 0.245 e. The molecule has 10 amide bonds. The van der Waals surface area contributed by atoms with Gasteiger partial charge in [0.15, 0.2) is 11.9 Å². The van der Waals surface area contributed by atoms with Crippen molar-refractivity contribution < 1.29 is 53.1 Å². The highest BCUT2D eigenvalue weighted by Gasteiger charge is 2.34.